The fourth-order valence-corrected chi connectivity index (χ4v) is 3.93. The molecule has 1 nitrogen and oxygen atoms in total. The van der Waals surface area contributed by atoms with E-state index in [4.69, 9.17) is 4.74 Å². The summed E-state index contributed by atoms with van der Waals surface area (Å²) in [4.78, 5) is 0. The van der Waals surface area contributed by atoms with Crippen molar-refractivity contribution in [3.05, 3.63) is 12.2 Å². The molecule has 0 amide bonds. The monoisotopic (exact) mass is 250 g/mol. The average molecular weight is 250 g/mol. The van der Waals surface area contributed by atoms with Gasteiger partial charge in [-0.25, -0.2) is 0 Å². The molecule has 2 aliphatic carbocycles. The third kappa shape index (κ3) is 3.85. The van der Waals surface area contributed by atoms with E-state index in [1.807, 2.05) is 7.11 Å². The van der Waals surface area contributed by atoms with E-state index >= 15 is 0 Å². The predicted molar refractivity (Wildman–Crippen MR) is 77.6 cm³/mol. The van der Waals surface area contributed by atoms with Gasteiger partial charge in [0.2, 0.25) is 0 Å². The second-order valence-electron chi connectivity index (χ2n) is 6.28. The maximum atomic E-state index is 5.48. The molecule has 1 heteroatoms. The van der Waals surface area contributed by atoms with E-state index in [0.29, 0.717) is 6.10 Å². The Hall–Kier alpha value is -0.300. The van der Waals surface area contributed by atoms with Gasteiger partial charge in [0.25, 0.3) is 0 Å². The van der Waals surface area contributed by atoms with Crippen LogP contribution in [0.5, 0.6) is 0 Å². The fraction of sp³-hybridized carbons (Fsp3) is 0.882. The van der Waals surface area contributed by atoms with Crippen molar-refractivity contribution in [2.75, 3.05) is 7.11 Å². The number of methoxy groups -OCH3 is 1. The van der Waals surface area contributed by atoms with Crippen molar-refractivity contribution in [3.8, 4) is 0 Å². The first-order valence-corrected chi connectivity index (χ1v) is 8.03. The molecule has 2 rings (SSSR count). The molecule has 2 fully saturated rings. The van der Waals surface area contributed by atoms with E-state index in [2.05, 4.69) is 19.1 Å². The number of allylic oxidation sites excluding steroid dienone is 2. The van der Waals surface area contributed by atoms with Crippen LogP contribution in [0.25, 0.3) is 0 Å². The van der Waals surface area contributed by atoms with Crippen molar-refractivity contribution in [2.24, 2.45) is 17.8 Å². The molecular formula is C17H30O. The van der Waals surface area contributed by atoms with Crippen LogP contribution in [0, 0.1) is 17.8 Å². The topological polar surface area (TPSA) is 9.23 Å². The van der Waals surface area contributed by atoms with Crippen LogP contribution in [-0.4, -0.2) is 13.2 Å². The third-order valence-corrected chi connectivity index (χ3v) is 5.18. The molecule has 18 heavy (non-hydrogen) atoms. The minimum Gasteiger partial charge on any atom is -0.381 e. The second-order valence-corrected chi connectivity index (χ2v) is 6.28. The summed E-state index contributed by atoms with van der Waals surface area (Å²) in [6.45, 7) is 2.23. The summed E-state index contributed by atoms with van der Waals surface area (Å²) in [5, 5.41) is 0. The third-order valence-electron chi connectivity index (χ3n) is 5.18. The molecule has 2 aliphatic rings. The molecule has 0 saturated heterocycles. The highest BCUT2D eigenvalue weighted by Crippen LogP contribution is 2.40. The van der Waals surface area contributed by atoms with Gasteiger partial charge in [0, 0.05) is 7.11 Å². The molecule has 0 heterocycles. The first-order valence-electron chi connectivity index (χ1n) is 8.03. The molecule has 0 aromatic rings. The van der Waals surface area contributed by atoms with Crippen LogP contribution in [0.3, 0.4) is 0 Å². The first kappa shape index (κ1) is 14.1. The minimum atomic E-state index is 0.560. The Labute approximate surface area is 113 Å². The summed E-state index contributed by atoms with van der Waals surface area (Å²) in [6.07, 6.45) is 17.8. The van der Waals surface area contributed by atoms with E-state index in [1.165, 1.54) is 57.8 Å². The van der Waals surface area contributed by atoms with Crippen LogP contribution in [0.2, 0.25) is 0 Å². The van der Waals surface area contributed by atoms with Crippen LogP contribution in [0.15, 0.2) is 12.2 Å². The van der Waals surface area contributed by atoms with E-state index in [-0.39, 0.29) is 0 Å². The minimum absolute atomic E-state index is 0.560. The molecule has 0 spiro atoms. The lowest BCUT2D eigenvalue weighted by molar-refractivity contribution is 0.0405. The summed E-state index contributed by atoms with van der Waals surface area (Å²) in [5.74, 6) is 2.91. The van der Waals surface area contributed by atoms with Gasteiger partial charge < -0.3 is 4.74 Å². The summed E-state index contributed by atoms with van der Waals surface area (Å²) >= 11 is 0. The molecule has 0 unspecified atom stereocenters. The Bertz CT molecular complexity index is 242. The van der Waals surface area contributed by atoms with Crippen molar-refractivity contribution in [2.45, 2.75) is 70.8 Å². The Balaban J connectivity index is 1.71. The van der Waals surface area contributed by atoms with Gasteiger partial charge >= 0.3 is 0 Å². The van der Waals surface area contributed by atoms with Gasteiger partial charge in [-0.05, 0) is 75.5 Å². The van der Waals surface area contributed by atoms with Crippen LogP contribution < -0.4 is 0 Å². The molecule has 0 N–H and O–H groups in total. The highest BCUT2D eigenvalue weighted by Gasteiger charge is 2.30. The van der Waals surface area contributed by atoms with Crippen molar-refractivity contribution in [1.29, 1.82) is 0 Å². The highest BCUT2D eigenvalue weighted by atomic mass is 16.5. The van der Waals surface area contributed by atoms with Crippen molar-refractivity contribution >= 4 is 0 Å². The smallest absolute Gasteiger partial charge is 0.0571 e. The average Bonchev–Trinajstić information content (AvgIpc) is 2.46. The SMILES string of the molecule is CC/C=C/C1CCC(C2CCC(OC)CC2)CC1. The summed E-state index contributed by atoms with van der Waals surface area (Å²) < 4.78 is 5.48. The molecule has 0 bridgehead atoms. The van der Waals surface area contributed by atoms with E-state index in [0.717, 1.165) is 17.8 Å². The summed E-state index contributed by atoms with van der Waals surface area (Å²) in [5.41, 5.74) is 0. The number of hydrogen-bond acceptors (Lipinski definition) is 1. The van der Waals surface area contributed by atoms with E-state index < -0.39 is 0 Å². The summed E-state index contributed by atoms with van der Waals surface area (Å²) in [7, 11) is 1.87. The second kappa shape index (κ2) is 7.33. The zero-order valence-corrected chi connectivity index (χ0v) is 12.2. The Morgan fingerprint density at radius 3 is 1.94 bits per heavy atom. The Kier molecular flexibility index (Phi) is 5.75. The van der Waals surface area contributed by atoms with Gasteiger partial charge in [0.15, 0.2) is 0 Å². The zero-order valence-electron chi connectivity index (χ0n) is 12.2. The summed E-state index contributed by atoms with van der Waals surface area (Å²) in [6, 6.07) is 0. The molecule has 104 valence electrons. The molecule has 0 aromatic heterocycles. The normalized spacial score (nSPS) is 38.1. The van der Waals surface area contributed by atoms with Gasteiger partial charge in [-0.3, -0.25) is 0 Å². The lowest BCUT2D eigenvalue weighted by atomic mass is 9.70. The standard InChI is InChI=1S/C17H30O/c1-3-4-5-14-6-8-15(9-7-14)16-10-12-17(18-2)13-11-16/h4-5,14-17H,3,6-13H2,1-2H3/b5-4+. The van der Waals surface area contributed by atoms with Gasteiger partial charge in [-0.1, -0.05) is 19.1 Å². The largest absolute Gasteiger partial charge is 0.381 e. The predicted octanol–water partition coefficient (Wildman–Crippen LogP) is 4.96. The molecule has 0 atom stereocenters. The van der Waals surface area contributed by atoms with Crippen LogP contribution >= 0.6 is 0 Å². The van der Waals surface area contributed by atoms with Crippen molar-refractivity contribution in [3.63, 3.8) is 0 Å². The van der Waals surface area contributed by atoms with Gasteiger partial charge in [0.1, 0.15) is 0 Å². The van der Waals surface area contributed by atoms with Crippen molar-refractivity contribution < 1.29 is 4.74 Å². The number of hydrogen-bond donors (Lipinski definition) is 0. The molecular weight excluding hydrogens is 220 g/mol. The zero-order chi connectivity index (χ0) is 12.8. The lowest BCUT2D eigenvalue weighted by Crippen LogP contribution is -2.27. The molecule has 0 aromatic carbocycles. The molecule has 0 aliphatic heterocycles. The van der Waals surface area contributed by atoms with E-state index in [1.54, 1.807) is 0 Å². The van der Waals surface area contributed by atoms with Crippen LogP contribution in [0.1, 0.15) is 64.7 Å². The van der Waals surface area contributed by atoms with E-state index in [9.17, 15) is 0 Å². The Morgan fingerprint density at radius 1 is 0.889 bits per heavy atom. The van der Waals surface area contributed by atoms with Gasteiger partial charge in [0.05, 0.1) is 6.10 Å². The van der Waals surface area contributed by atoms with Gasteiger partial charge in [-0.2, -0.15) is 0 Å². The highest BCUT2D eigenvalue weighted by molar-refractivity contribution is 4.92. The van der Waals surface area contributed by atoms with Crippen molar-refractivity contribution in [1.82, 2.24) is 0 Å². The number of rotatable bonds is 4. The van der Waals surface area contributed by atoms with Crippen LogP contribution in [0.4, 0.5) is 0 Å². The number of ether oxygens (including phenoxy) is 1. The lowest BCUT2D eigenvalue weighted by Gasteiger charge is -2.37. The molecule has 2 saturated carbocycles. The fourth-order valence-electron chi connectivity index (χ4n) is 3.93. The molecule has 0 radical (unpaired) electrons. The first-order chi connectivity index (χ1) is 8.83. The van der Waals surface area contributed by atoms with Crippen LogP contribution in [-0.2, 0) is 4.74 Å². The Morgan fingerprint density at radius 2 is 1.44 bits per heavy atom. The maximum Gasteiger partial charge on any atom is 0.0571 e. The van der Waals surface area contributed by atoms with Gasteiger partial charge in [-0.15, -0.1) is 0 Å². The maximum absolute atomic E-state index is 5.48. The quantitative estimate of drug-likeness (QED) is 0.640.